The van der Waals surface area contributed by atoms with Crippen molar-refractivity contribution in [2.24, 2.45) is 0 Å². The summed E-state index contributed by atoms with van der Waals surface area (Å²) < 4.78 is 0. The molecular formula is C16H15N. The monoisotopic (exact) mass is 221 g/mol. The van der Waals surface area contributed by atoms with E-state index in [1.54, 1.807) is 0 Å². The zero-order valence-electron chi connectivity index (χ0n) is 9.93. The molecule has 0 aliphatic carbocycles. The minimum Gasteiger partial charge on any atom is -0.197 e. The van der Waals surface area contributed by atoms with Crippen LogP contribution in [0.3, 0.4) is 0 Å². The van der Waals surface area contributed by atoms with Gasteiger partial charge in [0.1, 0.15) is 5.41 Å². The normalized spacial score (nSPS) is 10.8. The summed E-state index contributed by atoms with van der Waals surface area (Å²) in [5, 5.41) is 9.63. The summed E-state index contributed by atoms with van der Waals surface area (Å²) in [6.45, 7) is 2.06. The summed E-state index contributed by atoms with van der Waals surface area (Å²) >= 11 is 0. The van der Waals surface area contributed by atoms with Gasteiger partial charge in [-0.25, -0.2) is 0 Å². The molecule has 0 saturated carbocycles. The van der Waals surface area contributed by atoms with Crippen LogP contribution < -0.4 is 0 Å². The second kappa shape index (κ2) is 4.84. The predicted octanol–water partition coefficient (Wildman–Crippen LogP) is 3.91. The molecule has 2 rings (SSSR count). The van der Waals surface area contributed by atoms with Crippen LogP contribution in [0.15, 0.2) is 60.7 Å². The van der Waals surface area contributed by atoms with Gasteiger partial charge in [0, 0.05) is 0 Å². The van der Waals surface area contributed by atoms with Gasteiger partial charge >= 0.3 is 0 Å². The average molecular weight is 221 g/mol. The number of nitrogens with zero attached hydrogens (tertiary/aromatic N) is 1. The number of hydrogen-bond donors (Lipinski definition) is 0. The molecule has 0 atom stereocenters. The van der Waals surface area contributed by atoms with Gasteiger partial charge < -0.3 is 0 Å². The molecule has 17 heavy (non-hydrogen) atoms. The van der Waals surface area contributed by atoms with Crippen molar-refractivity contribution in [2.75, 3.05) is 0 Å². The first kappa shape index (κ1) is 11.4. The van der Waals surface area contributed by atoms with Crippen LogP contribution in [0.5, 0.6) is 0 Å². The van der Waals surface area contributed by atoms with Crippen molar-refractivity contribution in [2.45, 2.75) is 18.8 Å². The minimum absolute atomic E-state index is 0.525. The Labute approximate surface area is 102 Å². The highest BCUT2D eigenvalue weighted by Crippen LogP contribution is 2.34. The molecule has 84 valence electrons. The van der Waals surface area contributed by atoms with E-state index < -0.39 is 5.41 Å². The molecule has 0 radical (unpaired) electrons. The summed E-state index contributed by atoms with van der Waals surface area (Å²) in [6.07, 6.45) is 0.775. The van der Waals surface area contributed by atoms with E-state index in [2.05, 4.69) is 13.0 Å². The smallest absolute Gasteiger partial charge is 0.107 e. The van der Waals surface area contributed by atoms with Gasteiger partial charge in [-0.2, -0.15) is 5.26 Å². The Morgan fingerprint density at radius 1 is 0.882 bits per heavy atom. The third kappa shape index (κ3) is 1.94. The van der Waals surface area contributed by atoms with Crippen molar-refractivity contribution < 1.29 is 0 Å². The Balaban J connectivity index is 2.60. The fourth-order valence-corrected chi connectivity index (χ4v) is 2.23. The molecule has 0 aromatic heterocycles. The molecular weight excluding hydrogens is 206 g/mol. The van der Waals surface area contributed by atoms with Crippen molar-refractivity contribution in [3.05, 3.63) is 71.8 Å². The molecule has 0 fully saturated rings. The largest absolute Gasteiger partial charge is 0.197 e. The zero-order chi connectivity index (χ0) is 12.1. The Kier molecular flexibility index (Phi) is 3.25. The Morgan fingerprint density at radius 3 is 1.59 bits per heavy atom. The van der Waals surface area contributed by atoms with Crippen LogP contribution in [0.25, 0.3) is 0 Å². The van der Waals surface area contributed by atoms with Gasteiger partial charge in [0.2, 0.25) is 0 Å². The lowest BCUT2D eigenvalue weighted by Gasteiger charge is -2.26. The molecule has 0 bridgehead atoms. The minimum atomic E-state index is -0.525. The molecule has 2 aromatic carbocycles. The number of rotatable bonds is 3. The van der Waals surface area contributed by atoms with Gasteiger partial charge in [0.05, 0.1) is 6.07 Å². The highest BCUT2D eigenvalue weighted by molar-refractivity contribution is 5.45. The van der Waals surface area contributed by atoms with Crippen LogP contribution in [-0.2, 0) is 5.41 Å². The van der Waals surface area contributed by atoms with Gasteiger partial charge in [0.25, 0.3) is 0 Å². The van der Waals surface area contributed by atoms with Crippen LogP contribution in [0.2, 0.25) is 0 Å². The van der Waals surface area contributed by atoms with Gasteiger partial charge in [-0.1, -0.05) is 67.6 Å². The van der Waals surface area contributed by atoms with Crippen molar-refractivity contribution in [1.82, 2.24) is 0 Å². The van der Waals surface area contributed by atoms with Gasteiger partial charge in [0.15, 0.2) is 0 Å². The highest BCUT2D eigenvalue weighted by Gasteiger charge is 2.31. The summed E-state index contributed by atoms with van der Waals surface area (Å²) in [7, 11) is 0. The molecule has 1 heteroatoms. The van der Waals surface area contributed by atoms with Gasteiger partial charge in [-0.05, 0) is 17.5 Å². The lowest BCUT2D eigenvalue weighted by atomic mass is 9.74. The van der Waals surface area contributed by atoms with Crippen molar-refractivity contribution in [3.63, 3.8) is 0 Å². The summed E-state index contributed by atoms with van der Waals surface area (Å²) in [4.78, 5) is 0. The molecule has 0 aliphatic rings. The summed E-state index contributed by atoms with van der Waals surface area (Å²) in [6, 6.07) is 22.5. The van der Waals surface area contributed by atoms with Crippen molar-refractivity contribution in [1.29, 1.82) is 5.26 Å². The van der Waals surface area contributed by atoms with E-state index in [4.69, 9.17) is 0 Å². The average Bonchev–Trinajstić information content (AvgIpc) is 2.43. The third-order valence-corrected chi connectivity index (χ3v) is 3.25. The maximum absolute atomic E-state index is 9.63. The summed E-state index contributed by atoms with van der Waals surface area (Å²) in [5.74, 6) is 0. The lowest BCUT2D eigenvalue weighted by molar-refractivity contribution is 0.632. The third-order valence-electron chi connectivity index (χ3n) is 3.25. The maximum atomic E-state index is 9.63. The maximum Gasteiger partial charge on any atom is 0.107 e. The second-order valence-corrected chi connectivity index (χ2v) is 4.10. The van der Waals surface area contributed by atoms with E-state index in [1.165, 1.54) is 0 Å². The van der Waals surface area contributed by atoms with E-state index in [9.17, 15) is 5.26 Å². The Bertz CT molecular complexity index is 469. The molecule has 2 aromatic rings. The number of hydrogen-bond acceptors (Lipinski definition) is 1. The van der Waals surface area contributed by atoms with E-state index in [0.29, 0.717) is 0 Å². The molecule has 0 aliphatic heterocycles. The van der Waals surface area contributed by atoms with Crippen LogP contribution in [0.4, 0.5) is 0 Å². The Hall–Kier alpha value is -2.07. The second-order valence-electron chi connectivity index (χ2n) is 4.10. The fraction of sp³-hybridized carbons (Fsp3) is 0.188. The van der Waals surface area contributed by atoms with Crippen molar-refractivity contribution >= 4 is 0 Å². The Morgan fingerprint density at radius 2 is 1.29 bits per heavy atom. The molecule has 0 spiro atoms. The molecule has 0 N–H and O–H groups in total. The van der Waals surface area contributed by atoms with Crippen LogP contribution in [0, 0.1) is 11.3 Å². The molecule has 1 nitrogen and oxygen atoms in total. The van der Waals surface area contributed by atoms with Crippen LogP contribution in [0.1, 0.15) is 24.5 Å². The number of benzene rings is 2. The molecule has 0 saturated heterocycles. The summed E-state index contributed by atoms with van der Waals surface area (Å²) in [5.41, 5.74) is 1.61. The van der Waals surface area contributed by atoms with Crippen LogP contribution in [-0.4, -0.2) is 0 Å². The topological polar surface area (TPSA) is 23.8 Å². The predicted molar refractivity (Wildman–Crippen MR) is 69.6 cm³/mol. The van der Waals surface area contributed by atoms with E-state index >= 15 is 0 Å². The molecule has 0 unspecified atom stereocenters. The van der Waals surface area contributed by atoms with E-state index in [1.807, 2.05) is 60.7 Å². The first-order valence-corrected chi connectivity index (χ1v) is 5.86. The SMILES string of the molecule is CCC(C#N)(c1ccccc1)c1ccccc1. The number of nitriles is 1. The van der Waals surface area contributed by atoms with Crippen LogP contribution >= 0.6 is 0 Å². The first-order chi connectivity index (χ1) is 8.33. The zero-order valence-corrected chi connectivity index (χ0v) is 9.93. The fourth-order valence-electron chi connectivity index (χ4n) is 2.23. The van der Waals surface area contributed by atoms with E-state index in [-0.39, 0.29) is 0 Å². The quantitative estimate of drug-likeness (QED) is 0.771. The molecule has 0 amide bonds. The van der Waals surface area contributed by atoms with Gasteiger partial charge in [-0.3, -0.25) is 0 Å². The standard InChI is InChI=1S/C16H15N/c1-2-16(13-17,14-9-5-3-6-10-14)15-11-7-4-8-12-15/h3-12H,2H2,1H3. The van der Waals surface area contributed by atoms with Gasteiger partial charge in [-0.15, -0.1) is 0 Å². The molecule has 0 heterocycles. The highest BCUT2D eigenvalue weighted by atomic mass is 14.4. The lowest BCUT2D eigenvalue weighted by Crippen LogP contribution is -2.24. The first-order valence-electron chi connectivity index (χ1n) is 5.86. The van der Waals surface area contributed by atoms with Crippen molar-refractivity contribution in [3.8, 4) is 6.07 Å². The van der Waals surface area contributed by atoms with E-state index in [0.717, 1.165) is 17.5 Å².